The van der Waals surface area contributed by atoms with Gasteiger partial charge in [0.15, 0.2) is 6.61 Å². The maximum atomic E-state index is 11.8. The van der Waals surface area contributed by atoms with Gasteiger partial charge in [0.05, 0.1) is 11.7 Å². The molecule has 0 unspecified atom stereocenters. The third-order valence-electron chi connectivity index (χ3n) is 2.69. The van der Waals surface area contributed by atoms with Crippen LogP contribution in [-0.4, -0.2) is 32.3 Å². The number of pyridine rings is 1. The Morgan fingerprint density at radius 3 is 2.95 bits per heavy atom. The maximum absolute atomic E-state index is 11.8. The molecule has 3 rings (SSSR count). The molecule has 0 saturated carbocycles. The zero-order valence-corrected chi connectivity index (χ0v) is 10.4. The average Bonchev–Trinajstić information content (AvgIpc) is 2.91. The zero-order chi connectivity index (χ0) is 13.9. The van der Waals surface area contributed by atoms with E-state index < -0.39 is 0 Å². The van der Waals surface area contributed by atoms with E-state index in [2.05, 4.69) is 15.1 Å². The number of anilines is 1. The van der Waals surface area contributed by atoms with Crippen molar-refractivity contribution in [3.63, 3.8) is 0 Å². The lowest BCUT2D eigenvalue weighted by Crippen LogP contribution is -2.20. The molecule has 3 aromatic rings. The van der Waals surface area contributed by atoms with Crippen LogP contribution in [0.2, 0.25) is 0 Å². The van der Waals surface area contributed by atoms with Crippen molar-refractivity contribution in [3.8, 4) is 5.75 Å². The van der Waals surface area contributed by atoms with E-state index in [0.29, 0.717) is 5.75 Å². The fourth-order valence-corrected chi connectivity index (χ4v) is 1.74. The summed E-state index contributed by atoms with van der Waals surface area (Å²) in [6.45, 7) is -0.164. The number of ether oxygens (including phenoxy) is 1. The first kappa shape index (κ1) is 12.1. The lowest BCUT2D eigenvalue weighted by molar-refractivity contribution is 0.0821. The number of nitrogen functional groups attached to an aromatic ring is 1. The van der Waals surface area contributed by atoms with Crippen LogP contribution in [0.3, 0.4) is 0 Å². The SMILES string of the molecule is Nc1ncn(C(=O)COc2cnc3ccccc3c2)n1. The Kier molecular flexibility index (Phi) is 3.00. The number of hydrogen-bond donors (Lipinski definition) is 1. The molecular formula is C13H11N5O2. The minimum absolute atomic E-state index is 0.0470. The van der Waals surface area contributed by atoms with Crippen molar-refractivity contribution in [3.05, 3.63) is 42.9 Å². The Morgan fingerprint density at radius 2 is 2.15 bits per heavy atom. The molecule has 0 atom stereocenters. The number of para-hydroxylation sites is 1. The fourth-order valence-electron chi connectivity index (χ4n) is 1.74. The van der Waals surface area contributed by atoms with Crippen molar-refractivity contribution in [2.24, 2.45) is 0 Å². The van der Waals surface area contributed by atoms with E-state index in [4.69, 9.17) is 10.5 Å². The van der Waals surface area contributed by atoms with E-state index in [9.17, 15) is 4.79 Å². The smallest absolute Gasteiger partial charge is 0.286 e. The maximum Gasteiger partial charge on any atom is 0.286 e. The summed E-state index contributed by atoms with van der Waals surface area (Å²) < 4.78 is 6.44. The minimum Gasteiger partial charge on any atom is -0.482 e. The van der Waals surface area contributed by atoms with E-state index >= 15 is 0 Å². The second kappa shape index (κ2) is 4.96. The van der Waals surface area contributed by atoms with Crippen LogP contribution in [0.5, 0.6) is 5.75 Å². The second-order valence-electron chi connectivity index (χ2n) is 4.09. The molecule has 0 bridgehead atoms. The first-order valence-corrected chi connectivity index (χ1v) is 5.90. The number of rotatable bonds is 3. The van der Waals surface area contributed by atoms with E-state index in [0.717, 1.165) is 15.6 Å². The molecule has 0 radical (unpaired) electrons. The molecule has 0 aliphatic rings. The first-order chi connectivity index (χ1) is 9.72. The van der Waals surface area contributed by atoms with Crippen LogP contribution < -0.4 is 10.5 Å². The molecule has 1 aromatic carbocycles. The van der Waals surface area contributed by atoms with Gasteiger partial charge in [-0.1, -0.05) is 18.2 Å². The third kappa shape index (κ3) is 2.41. The Balaban J connectivity index is 1.72. The molecule has 0 saturated heterocycles. The summed E-state index contributed by atoms with van der Waals surface area (Å²) in [6.07, 6.45) is 2.82. The topological polar surface area (TPSA) is 95.9 Å². The predicted octanol–water partition coefficient (Wildman–Crippen LogP) is 1.13. The molecule has 0 fully saturated rings. The number of carbonyl (C=O) groups excluding carboxylic acids is 1. The molecule has 7 nitrogen and oxygen atoms in total. The van der Waals surface area contributed by atoms with Crippen molar-refractivity contribution in [2.75, 3.05) is 12.3 Å². The standard InChI is InChI=1S/C13H11N5O2/c14-13-16-8-18(17-13)12(19)7-20-10-5-9-3-1-2-4-11(9)15-6-10/h1-6,8H,7H2,(H2,14,17). The Hall–Kier alpha value is -2.96. The van der Waals surface area contributed by atoms with Crippen LogP contribution in [0.4, 0.5) is 5.95 Å². The van der Waals surface area contributed by atoms with Crippen molar-refractivity contribution >= 4 is 22.8 Å². The highest BCUT2D eigenvalue weighted by Gasteiger charge is 2.08. The summed E-state index contributed by atoms with van der Waals surface area (Å²) in [6, 6.07) is 9.48. The summed E-state index contributed by atoms with van der Waals surface area (Å²) in [4.78, 5) is 19.7. The van der Waals surface area contributed by atoms with Gasteiger partial charge >= 0.3 is 0 Å². The molecule has 2 aromatic heterocycles. The van der Waals surface area contributed by atoms with Crippen molar-refractivity contribution in [2.45, 2.75) is 0 Å². The normalized spacial score (nSPS) is 10.6. The van der Waals surface area contributed by atoms with E-state index in [1.165, 1.54) is 6.33 Å². The van der Waals surface area contributed by atoms with Gasteiger partial charge in [0, 0.05) is 5.39 Å². The number of hydrogen-bond acceptors (Lipinski definition) is 6. The van der Waals surface area contributed by atoms with E-state index in [1.54, 1.807) is 6.20 Å². The van der Waals surface area contributed by atoms with Gasteiger partial charge in [0.1, 0.15) is 12.1 Å². The van der Waals surface area contributed by atoms with Gasteiger partial charge in [0.25, 0.3) is 5.91 Å². The Labute approximate surface area is 114 Å². The number of nitrogens with zero attached hydrogens (tertiary/aromatic N) is 4. The molecule has 0 aliphatic heterocycles. The largest absolute Gasteiger partial charge is 0.482 e. The summed E-state index contributed by atoms with van der Waals surface area (Å²) in [5.74, 6) is 0.207. The first-order valence-electron chi connectivity index (χ1n) is 5.90. The lowest BCUT2D eigenvalue weighted by atomic mass is 10.2. The quantitative estimate of drug-likeness (QED) is 0.765. The highest BCUT2D eigenvalue weighted by Crippen LogP contribution is 2.17. The van der Waals surface area contributed by atoms with Crippen LogP contribution in [0.1, 0.15) is 4.79 Å². The van der Waals surface area contributed by atoms with Gasteiger partial charge in [-0.05, 0) is 12.1 Å². The second-order valence-corrected chi connectivity index (χ2v) is 4.09. The molecule has 2 heterocycles. The van der Waals surface area contributed by atoms with Crippen LogP contribution in [-0.2, 0) is 0 Å². The van der Waals surface area contributed by atoms with E-state index in [1.807, 2.05) is 30.3 Å². The molecule has 7 heteroatoms. The van der Waals surface area contributed by atoms with Gasteiger partial charge in [0.2, 0.25) is 5.95 Å². The van der Waals surface area contributed by atoms with Gasteiger partial charge in [-0.3, -0.25) is 9.78 Å². The lowest BCUT2D eigenvalue weighted by Gasteiger charge is -2.05. The zero-order valence-electron chi connectivity index (χ0n) is 10.4. The Bertz CT molecular complexity index is 768. The number of carbonyl (C=O) groups is 1. The number of aromatic nitrogens is 4. The Morgan fingerprint density at radius 1 is 1.30 bits per heavy atom. The number of benzene rings is 1. The highest BCUT2D eigenvalue weighted by atomic mass is 16.5. The summed E-state index contributed by atoms with van der Waals surface area (Å²) >= 11 is 0. The van der Waals surface area contributed by atoms with Crippen molar-refractivity contribution in [1.82, 2.24) is 19.7 Å². The van der Waals surface area contributed by atoms with Crippen LogP contribution >= 0.6 is 0 Å². The van der Waals surface area contributed by atoms with Gasteiger partial charge < -0.3 is 10.5 Å². The van der Waals surface area contributed by atoms with Gasteiger partial charge in [-0.2, -0.15) is 4.68 Å². The average molecular weight is 269 g/mol. The van der Waals surface area contributed by atoms with Crippen LogP contribution in [0, 0.1) is 0 Å². The monoisotopic (exact) mass is 269 g/mol. The number of fused-ring (bicyclic) bond motifs is 1. The van der Waals surface area contributed by atoms with Crippen molar-refractivity contribution < 1.29 is 9.53 Å². The van der Waals surface area contributed by atoms with Gasteiger partial charge in [-0.15, -0.1) is 5.10 Å². The molecule has 0 amide bonds. The fraction of sp³-hybridized carbons (Fsp3) is 0.0769. The molecule has 2 N–H and O–H groups in total. The minimum atomic E-state index is -0.359. The predicted molar refractivity (Wildman–Crippen MR) is 72.3 cm³/mol. The summed E-state index contributed by atoms with van der Waals surface area (Å²) in [5.41, 5.74) is 6.21. The molecule has 0 aliphatic carbocycles. The highest BCUT2D eigenvalue weighted by molar-refractivity contribution is 5.81. The molecule has 0 spiro atoms. The van der Waals surface area contributed by atoms with Crippen LogP contribution in [0.25, 0.3) is 10.9 Å². The van der Waals surface area contributed by atoms with E-state index in [-0.39, 0.29) is 18.5 Å². The molecule has 100 valence electrons. The van der Waals surface area contributed by atoms with Gasteiger partial charge in [-0.25, -0.2) is 4.98 Å². The van der Waals surface area contributed by atoms with Crippen molar-refractivity contribution in [1.29, 1.82) is 0 Å². The molecule has 20 heavy (non-hydrogen) atoms. The third-order valence-corrected chi connectivity index (χ3v) is 2.69. The molecular weight excluding hydrogens is 258 g/mol. The summed E-state index contributed by atoms with van der Waals surface area (Å²) in [7, 11) is 0. The van der Waals surface area contributed by atoms with Crippen LogP contribution in [0.15, 0.2) is 42.9 Å². The number of nitrogens with two attached hydrogens (primary N) is 1. The summed E-state index contributed by atoms with van der Waals surface area (Å²) in [5, 5.41) is 4.66.